The normalized spacial score (nSPS) is 15.2. The number of allylic oxidation sites excluding steroid dienone is 10. The van der Waals surface area contributed by atoms with E-state index >= 15 is 0 Å². The molecule has 0 amide bonds. The van der Waals surface area contributed by atoms with Gasteiger partial charge in [0, 0.05) is 29.2 Å². The molecule has 0 fully saturated rings. The van der Waals surface area contributed by atoms with Gasteiger partial charge in [0.05, 0.1) is 30.3 Å². The number of methoxy groups -OCH3 is 2. The van der Waals surface area contributed by atoms with E-state index in [1.54, 1.807) is 36.4 Å². The van der Waals surface area contributed by atoms with Crippen molar-refractivity contribution in [2.45, 2.75) is 0 Å². The van der Waals surface area contributed by atoms with Crippen molar-refractivity contribution in [3.8, 4) is 0 Å². The molecule has 0 aromatic heterocycles. The molecular weight excluding hydrogens is 406 g/mol. The number of aliphatic hydroxyl groups is 2. The molecule has 1 aromatic rings. The fourth-order valence-corrected chi connectivity index (χ4v) is 2.37. The van der Waals surface area contributed by atoms with Crippen LogP contribution >= 0.6 is 0 Å². The zero-order valence-electron chi connectivity index (χ0n) is 15.2. The van der Waals surface area contributed by atoms with Crippen molar-refractivity contribution >= 4 is 11.3 Å². The minimum Gasteiger partial charge on any atom is -0.481 e. The van der Waals surface area contributed by atoms with Gasteiger partial charge in [-0.1, -0.05) is 24.3 Å². The quantitative estimate of drug-likeness (QED) is 0.319. The molecule has 2 N–H and O–H groups in total. The van der Waals surface area contributed by atoms with E-state index in [1.165, 1.54) is 26.4 Å². The monoisotopic (exact) mass is 425 g/mol. The zero-order valence-corrected chi connectivity index (χ0v) is 16.3. The van der Waals surface area contributed by atoms with Gasteiger partial charge in [0.2, 0.25) is 0 Å². The van der Waals surface area contributed by atoms with Crippen molar-refractivity contribution in [1.82, 2.24) is 0 Å². The van der Waals surface area contributed by atoms with Crippen LogP contribution in [0.2, 0.25) is 0 Å². The van der Waals surface area contributed by atoms with E-state index in [4.69, 9.17) is 9.84 Å². The Kier molecular flexibility index (Phi) is 8.81. The topological polar surface area (TPSA) is 102 Å². The van der Waals surface area contributed by atoms with Gasteiger partial charge in [0.1, 0.15) is 0 Å². The van der Waals surface area contributed by atoms with Gasteiger partial charge in [-0.2, -0.15) is 0 Å². The summed E-state index contributed by atoms with van der Waals surface area (Å²) in [5.41, 5.74) is 2.86. The van der Waals surface area contributed by atoms with Gasteiger partial charge in [0.25, 0.3) is 17.6 Å². The molecule has 0 spiro atoms. The molecule has 2 aliphatic rings. The molecule has 148 valence electrons. The van der Waals surface area contributed by atoms with Gasteiger partial charge < -0.3 is 19.7 Å². The first kappa shape index (κ1) is 22.8. The first-order valence-electron chi connectivity index (χ1n) is 7.90. The number of hydrogen-bond donors (Lipinski definition) is 2. The summed E-state index contributed by atoms with van der Waals surface area (Å²) >= 11 is 0. The molecule has 0 saturated heterocycles. The molecule has 0 bridgehead atoms. The molecule has 8 heteroatoms. The second-order valence-corrected chi connectivity index (χ2v) is 5.35. The SMILES string of the molecule is CO/C(O)=C1\C=CC=C1c1ccc([N+](=O)[O-])cc1.COC(O)=C1C=CC=C1.[Fe]. The number of benzene rings is 1. The van der Waals surface area contributed by atoms with Crippen molar-refractivity contribution in [2.75, 3.05) is 14.2 Å². The van der Waals surface area contributed by atoms with Gasteiger partial charge in [0.15, 0.2) is 0 Å². The smallest absolute Gasteiger partial charge is 0.284 e. The zero-order chi connectivity index (χ0) is 19.8. The summed E-state index contributed by atoms with van der Waals surface area (Å²) in [5, 5.41) is 29.1. The first-order valence-corrected chi connectivity index (χ1v) is 7.90. The molecule has 0 aliphatic heterocycles. The summed E-state index contributed by atoms with van der Waals surface area (Å²) in [7, 11) is 2.81. The Bertz CT molecular complexity index is 878. The number of aliphatic hydroxyl groups excluding tert-OH is 2. The van der Waals surface area contributed by atoms with E-state index in [1.807, 2.05) is 18.2 Å². The van der Waals surface area contributed by atoms with Crippen molar-refractivity contribution in [2.24, 2.45) is 0 Å². The number of hydrogen-bond acceptors (Lipinski definition) is 6. The fourth-order valence-electron chi connectivity index (χ4n) is 2.37. The second kappa shape index (κ2) is 10.8. The van der Waals surface area contributed by atoms with E-state index in [0.717, 1.165) is 16.7 Å². The molecule has 28 heavy (non-hydrogen) atoms. The summed E-state index contributed by atoms with van der Waals surface area (Å²) in [6, 6.07) is 6.13. The Labute approximate surface area is 172 Å². The summed E-state index contributed by atoms with van der Waals surface area (Å²) in [6.45, 7) is 0. The molecule has 0 saturated carbocycles. The van der Waals surface area contributed by atoms with Crippen LogP contribution in [0.4, 0.5) is 5.69 Å². The Balaban J connectivity index is 0.000000332. The van der Waals surface area contributed by atoms with Crippen LogP contribution in [0, 0.1) is 10.1 Å². The van der Waals surface area contributed by atoms with Crippen molar-refractivity contribution < 1.29 is 41.7 Å². The Morgan fingerprint density at radius 3 is 2.00 bits per heavy atom. The minimum absolute atomic E-state index is 0. The summed E-state index contributed by atoms with van der Waals surface area (Å²) < 4.78 is 9.35. The average molecular weight is 425 g/mol. The maximum atomic E-state index is 10.6. The van der Waals surface area contributed by atoms with Crippen molar-refractivity contribution in [3.05, 3.63) is 106 Å². The van der Waals surface area contributed by atoms with Gasteiger partial charge in [-0.15, -0.1) is 0 Å². The molecule has 2 aliphatic carbocycles. The number of nitrogens with zero attached hydrogens (tertiary/aromatic N) is 1. The van der Waals surface area contributed by atoms with E-state index in [0.29, 0.717) is 5.57 Å². The van der Waals surface area contributed by atoms with Gasteiger partial charge >= 0.3 is 0 Å². The third-order valence-corrected chi connectivity index (χ3v) is 3.73. The molecule has 0 radical (unpaired) electrons. The third-order valence-electron chi connectivity index (χ3n) is 3.73. The second-order valence-electron chi connectivity index (χ2n) is 5.35. The molecule has 7 nitrogen and oxygen atoms in total. The average Bonchev–Trinajstić information content (AvgIpc) is 3.39. The molecular formula is C20H19FeNO6. The van der Waals surface area contributed by atoms with E-state index in [2.05, 4.69) is 4.74 Å². The van der Waals surface area contributed by atoms with Gasteiger partial charge in [-0.25, -0.2) is 0 Å². The first-order chi connectivity index (χ1) is 13.0. The Morgan fingerprint density at radius 2 is 1.50 bits per heavy atom. The van der Waals surface area contributed by atoms with Crippen LogP contribution in [0.5, 0.6) is 0 Å². The van der Waals surface area contributed by atoms with Gasteiger partial charge in [-0.05, 0) is 41.5 Å². The van der Waals surface area contributed by atoms with Crippen LogP contribution in [0.1, 0.15) is 5.56 Å². The van der Waals surface area contributed by atoms with Crippen LogP contribution in [0.3, 0.4) is 0 Å². The van der Waals surface area contributed by atoms with Crippen LogP contribution in [-0.2, 0) is 26.5 Å². The summed E-state index contributed by atoms with van der Waals surface area (Å²) in [4.78, 5) is 10.1. The van der Waals surface area contributed by atoms with E-state index in [-0.39, 0.29) is 34.6 Å². The number of ether oxygens (including phenoxy) is 2. The predicted molar refractivity (Wildman–Crippen MR) is 102 cm³/mol. The minimum atomic E-state index is -0.450. The number of non-ortho nitro benzene ring substituents is 1. The van der Waals surface area contributed by atoms with E-state index < -0.39 is 4.92 Å². The maximum absolute atomic E-state index is 10.6. The largest absolute Gasteiger partial charge is 0.481 e. The van der Waals surface area contributed by atoms with Crippen LogP contribution in [0.15, 0.2) is 89.8 Å². The molecule has 0 atom stereocenters. The fraction of sp³-hybridized carbons (Fsp3) is 0.100. The van der Waals surface area contributed by atoms with Crippen LogP contribution in [-0.4, -0.2) is 29.4 Å². The number of rotatable bonds is 4. The van der Waals surface area contributed by atoms with Crippen molar-refractivity contribution in [1.29, 1.82) is 0 Å². The van der Waals surface area contributed by atoms with Crippen LogP contribution < -0.4 is 0 Å². The Morgan fingerprint density at radius 1 is 0.929 bits per heavy atom. The van der Waals surface area contributed by atoms with Gasteiger partial charge in [-0.3, -0.25) is 10.1 Å². The third kappa shape index (κ3) is 5.64. The van der Waals surface area contributed by atoms with Crippen LogP contribution in [0.25, 0.3) is 5.57 Å². The number of nitro groups is 1. The molecule has 1 aromatic carbocycles. The molecule has 0 unspecified atom stereocenters. The number of nitro benzene ring substituents is 1. The molecule has 0 heterocycles. The molecule has 3 rings (SSSR count). The predicted octanol–water partition coefficient (Wildman–Crippen LogP) is 4.49. The van der Waals surface area contributed by atoms with Crippen molar-refractivity contribution in [3.63, 3.8) is 0 Å². The standard InChI is InChI=1S/C13H11NO4.C7H8O2.Fe/c1-18-13(15)12-4-2-3-11(12)9-5-7-10(8-6-9)14(16)17;1-9-7(8)6-4-2-3-5-6;/h2-8,15H,1H3;2-5,8H,1H3;/b13-12+;;. The summed E-state index contributed by atoms with van der Waals surface area (Å²) in [5.74, 6) is -0.201. The Hall–Kier alpha value is -3.22. The maximum Gasteiger partial charge on any atom is 0.284 e. The van der Waals surface area contributed by atoms with E-state index in [9.17, 15) is 15.2 Å². The summed E-state index contributed by atoms with van der Waals surface area (Å²) in [6.07, 6.45) is 12.5.